The molecule has 4 rings (SSSR count). The summed E-state index contributed by atoms with van der Waals surface area (Å²) < 4.78 is 11.7. The number of aromatic nitrogens is 3. The van der Waals surface area contributed by atoms with E-state index in [-0.39, 0.29) is 23.8 Å². The van der Waals surface area contributed by atoms with Crippen LogP contribution in [0.15, 0.2) is 12.3 Å². The molecule has 0 aromatic carbocycles. The average molecular weight is 402 g/mol. The predicted octanol–water partition coefficient (Wildman–Crippen LogP) is 2.03. The first-order chi connectivity index (χ1) is 14.0. The number of piperazine rings is 1. The molecule has 2 atom stereocenters. The fourth-order valence-electron chi connectivity index (χ4n) is 4.10. The Balaban J connectivity index is 1.55. The Kier molecular flexibility index (Phi) is 6.01. The largest absolute Gasteiger partial charge is 0.474 e. The van der Waals surface area contributed by atoms with E-state index in [0.29, 0.717) is 19.1 Å². The second-order valence-electron chi connectivity index (χ2n) is 8.28. The van der Waals surface area contributed by atoms with Gasteiger partial charge in [0.15, 0.2) is 0 Å². The number of carbonyl (C=O) groups excluding carboxylic acids is 1. The number of ether oxygens (including phenoxy) is 2. The number of carbonyl (C=O) groups is 1. The smallest absolute Gasteiger partial charge is 0.226 e. The number of hydrogen-bond donors (Lipinski definition) is 1. The highest BCUT2D eigenvalue weighted by Crippen LogP contribution is 2.35. The molecule has 2 aromatic rings. The van der Waals surface area contributed by atoms with Crippen molar-refractivity contribution in [1.29, 1.82) is 0 Å². The predicted molar refractivity (Wildman–Crippen MR) is 110 cm³/mol. The minimum absolute atomic E-state index is 0.0200. The molecule has 2 unspecified atom stereocenters. The standard InChI is InChI=1S/C21H31N5O3/c1-14(15(2)21(27)26-10-8-25(3)9-11-26)19-18-17(23-24-19)4-7-22-20(18)29-16-5-12-28-13-6-16/h4,7,14-16H,5-6,8-13H2,1-3H3,(H,23,24). The third kappa shape index (κ3) is 4.23. The minimum atomic E-state index is -0.154. The Hall–Kier alpha value is -2.19. The summed E-state index contributed by atoms with van der Waals surface area (Å²) in [5.41, 5.74) is 1.74. The van der Waals surface area contributed by atoms with Gasteiger partial charge in [0, 0.05) is 57.1 Å². The molecule has 2 aromatic heterocycles. The molecule has 8 nitrogen and oxygen atoms in total. The van der Waals surface area contributed by atoms with Crippen LogP contribution in [-0.2, 0) is 9.53 Å². The van der Waals surface area contributed by atoms with Crippen molar-refractivity contribution in [3.05, 3.63) is 18.0 Å². The van der Waals surface area contributed by atoms with Gasteiger partial charge in [0.25, 0.3) is 0 Å². The molecular weight excluding hydrogens is 370 g/mol. The Labute approximate surface area is 171 Å². The zero-order valence-corrected chi connectivity index (χ0v) is 17.6. The molecule has 158 valence electrons. The van der Waals surface area contributed by atoms with Gasteiger partial charge in [-0.15, -0.1) is 0 Å². The summed E-state index contributed by atoms with van der Waals surface area (Å²) >= 11 is 0. The van der Waals surface area contributed by atoms with E-state index >= 15 is 0 Å². The molecule has 0 bridgehead atoms. The van der Waals surface area contributed by atoms with Crippen LogP contribution >= 0.6 is 0 Å². The Morgan fingerprint density at radius 3 is 2.69 bits per heavy atom. The molecule has 2 saturated heterocycles. The molecule has 29 heavy (non-hydrogen) atoms. The van der Waals surface area contributed by atoms with Crippen LogP contribution in [0.1, 0.15) is 38.3 Å². The van der Waals surface area contributed by atoms with Crippen LogP contribution in [0, 0.1) is 5.92 Å². The number of aromatic amines is 1. The van der Waals surface area contributed by atoms with Crippen molar-refractivity contribution in [2.24, 2.45) is 5.92 Å². The highest BCUT2D eigenvalue weighted by Gasteiger charge is 2.31. The van der Waals surface area contributed by atoms with E-state index in [0.717, 1.165) is 55.6 Å². The van der Waals surface area contributed by atoms with Gasteiger partial charge in [-0.2, -0.15) is 5.10 Å². The maximum absolute atomic E-state index is 13.1. The normalized spacial score (nSPS) is 21.3. The van der Waals surface area contributed by atoms with Gasteiger partial charge >= 0.3 is 0 Å². The first-order valence-electron chi connectivity index (χ1n) is 10.6. The van der Waals surface area contributed by atoms with Crippen molar-refractivity contribution in [3.63, 3.8) is 0 Å². The summed E-state index contributed by atoms with van der Waals surface area (Å²) in [6.45, 7) is 8.94. The molecule has 1 N–H and O–H groups in total. The van der Waals surface area contributed by atoms with Crippen LogP contribution in [0.4, 0.5) is 0 Å². The van der Waals surface area contributed by atoms with Gasteiger partial charge in [-0.25, -0.2) is 4.98 Å². The Bertz CT molecular complexity index is 840. The number of fused-ring (bicyclic) bond motifs is 1. The van der Waals surface area contributed by atoms with E-state index in [9.17, 15) is 4.79 Å². The van der Waals surface area contributed by atoms with E-state index in [4.69, 9.17) is 9.47 Å². The average Bonchev–Trinajstić information content (AvgIpc) is 3.19. The summed E-state index contributed by atoms with van der Waals surface area (Å²) in [5, 5.41) is 8.51. The van der Waals surface area contributed by atoms with E-state index in [1.165, 1.54) is 0 Å². The molecule has 2 fully saturated rings. The van der Waals surface area contributed by atoms with Crippen molar-refractivity contribution in [2.45, 2.75) is 38.7 Å². The number of likely N-dealkylation sites (N-methyl/N-ethyl adjacent to an activating group) is 1. The van der Waals surface area contributed by atoms with Crippen LogP contribution in [0.2, 0.25) is 0 Å². The molecule has 4 heterocycles. The van der Waals surface area contributed by atoms with E-state index in [1.54, 1.807) is 6.20 Å². The van der Waals surface area contributed by atoms with Gasteiger partial charge in [0.05, 0.1) is 29.8 Å². The molecule has 2 aliphatic rings. The van der Waals surface area contributed by atoms with Crippen LogP contribution in [0.5, 0.6) is 5.88 Å². The van der Waals surface area contributed by atoms with Gasteiger partial charge in [-0.3, -0.25) is 9.89 Å². The first kappa shape index (κ1) is 20.1. The molecule has 0 aliphatic carbocycles. The topological polar surface area (TPSA) is 83.6 Å². The summed E-state index contributed by atoms with van der Waals surface area (Å²) in [6, 6.07) is 1.88. The summed E-state index contributed by atoms with van der Waals surface area (Å²) in [7, 11) is 2.09. The minimum Gasteiger partial charge on any atom is -0.474 e. The third-order valence-electron chi connectivity index (χ3n) is 6.32. The van der Waals surface area contributed by atoms with Gasteiger partial charge in [-0.05, 0) is 13.1 Å². The second kappa shape index (κ2) is 8.67. The second-order valence-corrected chi connectivity index (χ2v) is 8.28. The third-order valence-corrected chi connectivity index (χ3v) is 6.32. The number of amides is 1. The van der Waals surface area contributed by atoms with Crippen LogP contribution < -0.4 is 4.74 Å². The zero-order chi connectivity index (χ0) is 20.4. The van der Waals surface area contributed by atoms with E-state index in [1.807, 2.05) is 17.9 Å². The van der Waals surface area contributed by atoms with E-state index < -0.39 is 0 Å². The molecule has 0 spiro atoms. The molecule has 1 amide bonds. The number of nitrogens with zero attached hydrogens (tertiary/aromatic N) is 4. The Morgan fingerprint density at radius 2 is 1.97 bits per heavy atom. The van der Waals surface area contributed by atoms with Crippen LogP contribution in [-0.4, -0.2) is 83.4 Å². The van der Waals surface area contributed by atoms with Crippen molar-refractivity contribution >= 4 is 16.8 Å². The summed E-state index contributed by atoms with van der Waals surface area (Å²) in [4.78, 5) is 21.8. The maximum atomic E-state index is 13.1. The van der Waals surface area contributed by atoms with Crippen molar-refractivity contribution in [3.8, 4) is 5.88 Å². The number of pyridine rings is 1. The SMILES string of the molecule is CC(C(=O)N1CCN(C)CC1)C(C)c1[nH]nc2ccnc(OC3CCOCC3)c12. The first-order valence-corrected chi connectivity index (χ1v) is 10.6. The van der Waals surface area contributed by atoms with Gasteiger partial charge < -0.3 is 19.3 Å². The number of H-pyrrole nitrogens is 1. The lowest BCUT2D eigenvalue weighted by Gasteiger charge is -2.35. The number of hydrogen-bond acceptors (Lipinski definition) is 6. The Morgan fingerprint density at radius 1 is 1.24 bits per heavy atom. The van der Waals surface area contributed by atoms with Crippen molar-refractivity contribution in [1.82, 2.24) is 25.0 Å². The van der Waals surface area contributed by atoms with Crippen LogP contribution in [0.25, 0.3) is 10.9 Å². The molecule has 0 saturated carbocycles. The zero-order valence-electron chi connectivity index (χ0n) is 17.6. The number of nitrogens with one attached hydrogen (secondary N) is 1. The monoisotopic (exact) mass is 401 g/mol. The summed E-state index contributed by atoms with van der Waals surface area (Å²) in [5.74, 6) is 0.625. The fraction of sp³-hybridized carbons (Fsp3) is 0.667. The molecule has 8 heteroatoms. The molecule has 2 aliphatic heterocycles. The lowest BCUT2D eigenvalue weighted by atomic mass is 9.90. The number of rotatable bonds is 5. The van der Waals surface area contributed by atoms with E-state index in [2.05, 4.69) is 34.1 Å². The maximum Gasteiger partial charge on any atom is 0.226 e. The highest BCUT2D eigenvalue weighted by molar-refractivity contribution is 5.88. The van der Waals surface area contributed by atoms with Gasteiger partial charge in [0.1, 0.15) is 6.10 Å². The molecule has 0 radical (unpaired) electrons. The van der Waals surface area contributed by atoms with Gasteiger partial charge in [-0.1, -0.05) is 13.8 Å². The van der Waals surface area contributed by atoms with Crippen molar-refractivity contribution in [2.75, 3.05) is 46.4 Å². The fourth-order valence-corrected chi connectivity index (χ4v) is 4.10. The lowest BCUT2D eigenvalue weighted by Crippen LogP contribution is -2.49. The highest BCUT2D eigenvalue weighted by atomic mass is 16.5. The van der Waals surface area contributed by atoms with Crippen molar-refractivity contribution < 1.29 is 14.3 Å². The van der Waals surface area contributed by atoms with Gasteiger partial charge in [0.2, 0.25) is 11.8 Å². The van der Waals surface area contributed by atoms with Crippen LogP contribution in [0.3, 0.4) is 0 Å². The molecular formula is C21H31N5O3. The lowest BCUT2D eigenvalue weighted by molar-refractivity contribution is -0.137. The quantitative estimate of drug-likeness (QED) is 0.825. The summed E-state index contributed by atoms with van der Waals surface area (Å²) in [6.07, 6.45) is 3.55.